The monoisotopic (exact) mass is 320 g/mol. The molecule has 3 rings (SSSR count). The molecule has 2 aliphatic rings. The summed E-state index contributed by atoms with van der Waals surface area (Å²) in [6, 6.07) is 6.02. The molecule has 2 heterocycles. The fourth-order valence-electron chi connectivity index (χ4n) is 3.35. The Kier molecular flexibility index (Phi) is 5.09. The summed E-state index contributed by atoms with van der Waals surface area (Å²) in [5.41, 5.74) is 1.70. The lowest BCUT2D eigenvalue weighted by Crippen LogP contribution is -2.37. The summed E-state index contributed by atoms with van der Waals surface area (Å²) in [6.07, 6.45) is 1.09. The Morgan fingerprint density at radius 3 is 2.78 bits per heavy atom. The van der Waals surface area contributed by atoms with Crippen molar-refractivity contribution in [2.24, 2.45) is 0 Å². The van der Waals surface area contributed by atoms with Crippen molar-refractivity contribution >= 4 is 11.4 Å². The number of anilines is 1. The van der Waals surface area contributed by atoms with Gasteiger partial charge in [0, 0.05) is 37.8 Å². The van der Waals surface area contributed by atoms with Gasteiger partial charge in [0.15, 0.2) is 0 Å². The van der Waals surface area contributed by atoms with E-state index in [0.29, 0.717) is 44.6 Å². The van der Waals surface area contributed by atoms with Crippen LogP contribution in [0.15, 0.2) is 18.2 Å². The van der Waals surface area contributed by atoms with Crippen LogP contribution in [0.3, 0.4) is 0 Å². The van der Waals surface area contributed by atoms with Crippen molar-refractivity contribution < 1.29 is 9.66 Å². The third-order valence-corrected chi connectivity index (χ3v) is 4.61. The highest BCUT2D eigenvalue weighted by molar-refractivity contribution is 5.67. The highest BCUT2D eigenvalue weighted by Crippen LogP contribution is 2.32. The minimum atomic E-state index is -0.247. The third kappa shape index (κ3) is 3.80. The van der Waals surface area contributed by atoms with E-state index in [0.717, 1.165) is 25.1 Å². The van der Waals surface area contributed by atoms with Crippen LogP contribution < -0.4 is 10.2 Å². The van der Waals surface area contributed by atoms with Crippen LogP contribution in [0.4, 0.5) is 11.4 Å². The van der Waals surface area contributed by atoms with Crippen molar-refractivity contribution in [3.63, 3.8) is 0 Å². The lowest BCUT2D eigenvalue weighted by molar-refractivity contribution is -0.384. The topological polar surface area (TPSA) is 70.9 Å². The van der Waals surface area contributed by atoms with Crippen molar-refractivity contribution in [3.05, 3.63) is 33.9 Å². The first-order valence-corrected chi connectivity index (χ1v) is 8.16. The van der Waals surface area contributed by atoms with E-state index in [4.69, 9.17) is 4.74 Å². The summed E-state index contributed by atoms with van der Waals surface area (Å²) in [5.74, 6) is 0. The molecule has 0 amide bonds. The van der Waals surface area contributed by atoms with Gasteiger partial charge in [-0.2, -0.15) is 0 Å². The van der Waals surface area contributed by atoms with Crippen molar-refractivity contribution in [2.75, 3.05) is 51.3 Å². The average Bonchev–Trinajstić information content (AvgIpc) is 2.98. The number of nitro benzene ring substituents is 1. The summed E-state index contributed by atoms with van der Waals surface area (Å²) in [6.45, 7) is 5.25. The number of likely N-dealkylation sites (tertiary alicyclic amines) is 1. The van der Waals surface area contributed by atoms with Gasteiger partial charge in [0.2, 0.25) is 0 Å². The molecule has 1 atom stereocenters. The van der Waals surface area contributed by atoms with Crippen LogP contribution in [0.1, 0.15) is 12.0 Å². The molecular weight excluding hydrogens is 296 g/mol. The molecule has 23 heavy (non-hydrogen) atoms. The Bertz CT molecular complexity index is 560. The van der Waals surface area contributed by atoms with Crippen LogP contribution in [-0.4, -0.2) is 62.3 Å². The van der Waals surface area contributed by atoms with Crippen LogP contribution in [0.25, 0.3) is 0 Å². The fourth-order valence-corrected chi connectivity index (χ4v) is 3.35. The Balaban J connectivity index is 1.77. The zero-order valence-corrected chi connectivity index (χ0v) is 13.5. The van der Waals surface area contributed by atoms with E-state index in [9.17, 15) is 10.1 Å². The zero-order valence-electron chi connectivity index (χ0n) is 13.5. The summed E-state index contributed by atoms with van der Waals surface area (Å²) < 4.78 is 5.35. The normalized spacial score (nSPS) is 22.5. The van der Waals surface area contributed by atoms with E-state index < -0.39 is 0 Å². The number of para-hydroxylation sites is 1. The molecule has 0 saturated carbocycles. The number of hydrogen-bond acceptors (Lipinski definition) is 6. The molecule has 0 spiro atoms. The van der Waals surface area contributed by atoms with Gasteiger partial charge in [-0.25, -0.2) is 0 Å². The van der Waals surface area contributed by atoms with E-state index in [1.54, 1.807) is 0 Å². The van der Waals surface area contributed by atoms with Crippen LogP contribution in [0.2, 0.25) is 0 Å². The van der Waals surface area contributed by atoms with E-state index in [2.05, 4.69) is 22.2 Å². The first-order valence-electron chi connectivity index (χ1n) is 8.16. The van der Waals surface area contributed by atoms with Gasteiger partial charge in [0.05, 0.1) is 18.1 Å². The van der Waals surface area contributed by atoms with Gasteiger partial charge in [-0.05, 0) is 26.1 Å². The number of morpholine rings is 1. The Morgan fingerprint density at radius 2 is 2.13 bits per heavy atom. The summed E-state index contributed by atoms with van der Waals surface area (Å²) in [4.78, 5) is 15.7. The van der Waals surface area contributed by atoms with Crippen molar-refractivity contribution in [1.29, 1.82) is 0 Å². The van der Waals surface area contributed by atoms with Crippen molar-refractivity contribution in [1.82, 2.24) is 10.2 Å². The molecule has 1 aromatic carbocycles. The van der Waals surface area contributed by atoms with Crippen molar-refractivity contribution in [3.8, 4) is 0 Å². The minimum Gasteiger partial charge on any atom is -0.378 e. The van der Waals surface area contributed by atoms with Crippen LogP contribution >= 0.6 is 0 Å². The molecule has 0 aromatic heterocycles. The number of likely N-dealkylation sites (N-methyl/N-ethyl adjacent to an activating group) is 1. The zero-order chi connectivity index (χ0) is 16.2. The summed E-state index contributed by atoms with van der Waals surface area (Å²) in [5, 5.41) is 15.1. The smallest absolute Gasteiger partial charge is 0.296 e. The molecule has 2 fully saturated rings. The molecular formula is C16H24N4O3. The molecule has 126 valence electrons. The molecule has 0 aliphatic carbocycles. The Labute approximate surface area is 136 Å². The fraction of sp³-hybridized carbons (Fsp3) is 0.625. The summed E-state index contributed by atoms with van der Waals surface area (Å²) >= 11 is 0. The van der Waals surface area contributed by atoms with Gasteiger partial charge in [-0.15, -0.1) is 0 Å². The van der Waals surface area contributed by atoms with E-state index in [-0.39, 0.29) is 10.6 Å². The molecule has 0 radical (unpaired) electrons. The maximum atomic E-state index is 11.6. The second-order valence-corrected chi connectivity index (χ2v) is 6.27. The molecule has 2 aliphatic heterocycles. The number of rotatable bonds is 5. The predicted octanol–water partition coefficient (Wildman–Crippen LogP) is 1.23. The number of nitrogens with zero attached hydrogens (tertiary/aromatic N) is 3. The quantitative estimate of drug-likeness (QED) is 0.650. The molecule has 1 aromatic rings. The number of nitro groups is 1. The van der Waals surface area contributed by atoms with Gasteiger partial charge in [-0.3, -0.25) is 10.1 Å². The molecule has 2 saturated heterocycles. The number of ether oxygens (including phenoxy) is 1. The van der Waals surface area contributed by atoms with Gasteiger partial charge < -0.3 is 19.9 Å². The third-order valence-electron chi connectivity index (χ3n) is 4.61. The average molecular weight is 320 g/mol. The first-order chi connectivity index (χ1) is 11.1. The SMILES string of the molecule is CN1CCC(NCc2cccc(N3CCOCC3)c2[N+](=O)[O-])C1. The maximum Gasteiger partial charge on any atom is 0.296 e. The molecule has 1 unspecified atom stereocenters. The highest BCUT2D eigenvalue weighted by atomic mass is 16.6. The van der Waals surface area contributed by atoms with Crippen LogP contribution in [0, 0.1) is 10.1 Å². The second kappa shape index (κ2) is 7.25. The van der Waals surface area contributed by atoms with Crippen LogP contribution in [0.5, 0.6) is 0 Å². The van der Waals surface area contributed by atoms with Crippen LogP contribution in [-0.2, 0) is 11.3 Å². The van der Waals surface area contributed by atoms with Crippen molar-refractivity contribution in [2.45, 2.75) is 19.0 Å². The summed E-state index contributed by atoms with van der Waals surface area (Å²) in [7, 11) is 2.10. The van der Waals surface area contributed by atoms with Gasteiger partial charge >= 0.3 is 0 Å². The number of nitrogens with one attached hydrogen (secondary N) is 1. The first kappa shape index (κ1) is 16.2. The Hall–Kier alpha value is -1.70. The minimum absolute atomic E-state index is 0.230. The van der Waals surface area contributed by atoms with Gasteiger partial charge in [-0.1, -0.05) is 12.1 Å². The van der Waals surface area contributed by atoms with E-state index >= 15 is 0 Å². The number of hydrogen-bond donors (Lipinski definition) is 1. The van der Waals surface area contributed by atoms with Gasteiger partial charge in [0.1, 0.15) is 5.69 Å². The maximum absolute atomic E-state index is 11.6. The predicted molar refractivity (Wildman–Crippen MR) is 88.9 cm³/mol. The van der Waals surface area contributed by atoms with E-state index in [1.807, 2.05) is 18.2 Å². The molecule has 0 bridgehead atoms. The van der Waals surface area contributed by atoms with E-state index in [1.165, 1.54) is 0 Å². The van der Waals surface area contributed by atoms with Gasteiger partial charge in [0.25, 0.3) is 5.69 Å². The standard InChI is InChI=1S/C16H24N4O3/c1-18-6-5-14(12-18)17-11-13-3-2-4-15(16(13)20(21)22)19-7-9-23-10-8-19/h2-4,14,17H,5-12H2,1H3. The largest absolute Gasteiger partial charge is 0.378 e. The number of benzene rings is 1. The Morgan fingerprint density at radius 1 is 1.35 bits per heavy atom. The molecule has 7 heteroatoms. The molecule has 7 nitrogen and oxygen atoms in total. The second-order valence-electron chi connectivity index (χ2n) is 6.27. The highest BCUT2D eigenvalue weighted by Gasteiger charge is 2.26. The molecule has 1 N–H and O–H groups in total. The lowest BCUT2D eigenvalue weighted by Gasteiger charge is -2.29. The lowest BCUT2D eigenvalue weighted by atomic mass is 10.1.